The quantitative estimate of drug-likeness (QED) is 0.819. The summed E-state index contributed by atoms with van der Waals surface area (Å²) in [5.74, 6) is 0. The third kappa shape index (κ3) is 5.26. The SMILES string of the molecule is CN(Cc1cc(C(F)(F)F)cc(C(F)(F)F)c1)C1CCNC1.Cl. The van der Waals surface area contributed by atoms with Crippen LogP contribution in [0.1, 0.15) is 23.1 Å². The molecule has 1 aliphatic rings. The molecule has 9 heteroatoms. The Balaban J connectivity index is 0.00000264. The van der Waals surface area contributed by atoms with Crippen LogP contribution in [0, 0.1) is 0 Å². The molecule has 1 aromatic rings. The van der Waals surface area contributed by atoms with Crippen molar-refractivity contribution in [2.75, 3.05) is 20.1 Å². The normalized spacial score (nSPS) is 19.0. The average Bonchev–Trinajstić information content (AvgIpc) is 2.90. The first-order valence-corrected chi connectivity index (χ1v) is 6.76. The van der Waals surface area contributed by atoms with Crippen molar-refractivity contribution >= 4 is 12.4 Å². The van der Waals surface area contributed by atoms with Crippen molar-refractivity contribution in [3.8, 4) is 0 Å². The third-order valence-electron chi connectivity index (χ3n) is 3.74. The summed E-state index contributed by atoms with van der Waals surface area (Å²) in [6.45, 7) is 1.52. The highest BCUT2D eigenvalue weighted by atomic mass is 35.5. The van der Waals surface area contributed by atoms with Gasteiger partial charge in [0.2, 0.25) is 0 Å². The second kappa shape index (κ2) is 7.27. The number of halogens is 7. The highest BCUT2D eigenvalue weighted by molar-refractivity contribution is 5.85. The van der Waals surface area contributed by atoms with E-state index in [1.54, 1.807) is 11.9 Å². The molecule has 0 bridgehead atoms. The lowest BCUT2D eigenvalue weighted by molar-refractivity contribution is -0.143. The van der Waals surface area contributed by atoms with E-state index in [-0.39, 0.29) is 36.6 Å². The van der Waals surface area contributed by atoms with E-state index >= 15 is 0 Å². The predicted octanol–water partition coefficient (Wildman–Crippen LogP) is 3.94. The van der Waals surface area contributed by atoms with Crippen LogP contribution in [0.5, 0.6) is 0 Å². The Labute approximate surface area is 136 Å². The van der Waals surface area contributed by atoms with Crippen molar-refractivity contribution in [2.24, 2.45) is 0 Å². The maximum absolute atomic E-state index is 12.8. The molecule has 1 atom stereocenters. The number of alkyl halides is 6. The molecule has 1 heterocycles. The maximum atomic E-state index is 12.8. The molecule has 1 N–H and O–H groups in total. The van der Waals surface area contributed by atoms with Crippen molar-refractivity contribution < 1.29 is 26.3 Å². The topological polar surface area (TPSA) is 15.3 Å². The van der Waals surface area contributed by atoms with E-state index in [9.17, 15) is 26.3 Å². The van der Waals surface area contributed by atoms with Gasteiger partial charge in [-0.25, -0.2) is 0 Å². The van der Waals surface area contributed by atoms with E-state index in [2.05, 4.69) is 5.32 Å². The van der Waals surface area contributed by atoms with Gasteiger partial charge in [-0.3, -0.25) is 4.90 Å². The number of rotatable bonds is 3. The molecule has 2 rings (SSSR count). The zero-order valence-electron chi connectivity index (χ0n) is 12.3. The van der Waals surface area contributed by atoms with Gasteiger partial charge in [0, 0.05) is 19.1 Å². The summed E-state index contributed by atoms with van der Waals surface area (Å²) in [4.78, 5) is 1.77. The fourth-order valence-corrected chi connectivity index (χ4v) is 2.54. The van der Waals surface area contributed by atoms with E-state index in [1.165, 1.54) is 0 Å². The molecular weight excluding hydrogens is 346 g/mol. The summed E-state index contributed by atoms with van der Waals surface area (Å²) < 4.78 is 76.7. The van der Waals surface area contributed by atoms with Gasteiger partial charge in [0.15, 0.2) is 0 Å². The highest BCUT2D eigenvalue weighted by Gasteiger charge is 2.37. The van der Waals surface area contributed by atoms with Crippen LogP contribution in [0.4, 0.5) is 26.3 Å². The monoisotopic (exact) mass is 362 g/mol. The van der Waals surface area contributed by atoms with Gasteiger partial charge in [-0.05, 0) is 43.8 Å². The number of benzene rings is 1. The lowest BCUT2D eigenvalue weighted by Crippen LogP contribution is -2.33. The molecule has 0 aliphatic carbocycles. The fraction of sp³-hybridized carbons (Fsp3) is 0.571. The molecule has 1 aliphatic heterocycles. The van der Waals surface area contributed by atoms with Crippen LogP contribution in [0.25, 0.3) is 0 Å². The lowest BCUT2D eigenvalue weighted by atomic mass is 10.0. The summed E-state index contributed by atoms with van der Waals surface area (Å²) in [7, 11) is 1.70. The Morgan fingerprint density at radius 2 is 1.57 bits per heavy atom. The largest absolute Gasteiger partial charge is 0.416 e. The Morgan fingerprint density at radius 3 is 1.96 bits per heavy atom. The Bertz CT molecular complexity index is 491. The first-order chi connectivity index (χ1) is 10.1. The van der Waals surface area contributed by atoms with E-state index in [1.807, 2.05) is 0 Å². The van der Waals surface area contributed by atoms with Crippen LogP contribution in [0.2, 0.25) is 0 Å². The lowest BCUT2D eigenvalue weighted by Gasteiger charge is -2.24. The summed E-state index contributed by atoms with van der Waals surface area (Å²) in [6, 6.07) is 1.84. The zero-order chi connectivity index (χ0) is 16.5. The number of hydrogen-bond donors (Lipinski definition) is 1. The van der Waals surface area contributed by atoms with Gasteiger partial charge in [0.25, 0.3) is 0 Å². The van der Waals surface area contributed by atoms with Gasteiger partial charge in [-0.2, -0.15) is 26.3 Å². The molecule has 0 radical (unpaired) electrons. The molecule has 2 nitrogen and oxygen atoms in total. The number of likely N-dealkylation sites (N-methyl/N-ethyl adjacent to an activating group) is 1. The van der Waals surface area contributed by atoms with Gasteiger partial charge in [-0.15, -0.1) is 12.4 Å². The van der Waals surface area contributed by atoms with Crippen LogP contribution in [-0.2, 0) is 18.9 Å². The summed E-state index contributed by atoms with van der Waals surface area (Å²) in [5, 5.41) is 3.11. The van der Waals surface area contributed by atoms with Crippen LogP contribution in [-0.4, -0.2) is 31.1 Å². The smallest absolute Gasteiger partial charge is 0.315 e. The standard InChI is InChI=1S/C14H16F6N2.ClH/c1-22(12-2-3-21-7-12)8-9-4-10(13(15,16)17)6-11(5-9)14(18,19)20;/h4-6,12,21H,2-3,7-8H2,1H3;1H. The van der Waals surface area contributed by atoms with E-state index in [4.69, 9.17) is 0 Å². The number of nitrogens with one attached hydrogen (secondary N) is 1. The zero-order valence-corrected chi connectivity index (χ0v) is 13.1. The maximum Gasteiger partial charge on any atom is 0.416 e. The molecule has 0 amide bonds. The minimum Gasteiger partial charge on any atom is -0.315 e. The van der Waals surface area contributed by atoms with E-state index < -0.39 is 23.5 Å². The number of nitrogens with zero attached hydrogens (tertiary/aromatic N) is 1. The molecule has 0 aromatic heterocycles. The Kier molecular flexibility index (Phi) is 6.34. The predicted molar refractivity (Wildman–Crippen MR) is 76.4 cm³/mol. The van der Waals surface area contributed by atoms with Gasteiger partial charge in [-0.1, -0.05) is 0 Å². The number of hydrogen-bond acceptors (Lipinski definition) is 2. The molecule has 23 heavy (non-hydrogen) atoms. The average molecular weight is 363 g/mol. The van der Waals surface area contributed by atoms with Crippen molar-refractivity contribution in [1.82, 2.24) is 10.2 Å². The molecule has 1 aromatic carbocycles. The molecule has 0 saturated carbocycles. The Hall–Kier alpha value is -0.990. The second-order valence-corrected chi connectivity index (χ2v) is 5.48. The van der Waals surface area contributed by atoms with E-state index in [0.29, 0.717) is 6.54 Å². The highest BCUT2D eigenvalue weighted by Crippen LogP contribution is 2.36. The van der Waals surface area contributed by atoms with Gasteiger partial charge < -0.3 is 5.32 Å². The fourth-order valence-electron chi connectivity index (χ4n) is 2.54. The first kappa shape index (κ1) is 20.1. The van der Waals surface area contributed by atoms with Gasteiger partial charge in [0.05, 0.1) is 11.1 Å². The van der Waals surface area contributed by atoms with Crippen LogP contribution in [0.3, 0.4) is 0 Å². The summed E-state index contributed by atoms with van der Waals surface area (Å²) >= 11 is 0. The van der Waals surface area contributed by atoms with Crippen LogP contribution >= 0.6 is 12.4 Å². The molecular formula is C14H17ClF6N2. The van der Waals surface area contributed by atoms with E-state index in [0.717, 1.165) is 25.1 Å². The van der Waals surface area contributed by atoms with Gasteiger partial charge >= 0.3 is 12.4 Å². The van der Waals surface area contributed by atoms with Crippen molar-refractivity contribution in [1.29, 1.82) is 0 Å². The van der Waals surface area contributed by atoms with Crippen molar-refractivity contribution in [3.63, 3.8) is 0 Å². The summed E-state index contributed by atoms with van der Waals surface area (Å²) in [6.07, 6.45) is -8.78. The molecule has 0 spiro atoms. The molecule has 132 valence electrons. The van der Waals surface area contributed by atoms with Crippen molar-refractivity contribution in [2.45, 2.75) is 31.4 Å². The second-order valence-electron chi connectivity index (χ2n) is 5.48. The Morgan fingerprint density at radius 1 is 1.04 bits per heavy atom. The molecule has 1 unspecified atom stereocenters. The first-order valence-electron chi connectivity index (χ1n) is 6.76. The van der Waals surface area contributed by atoms with Crippen LogP contribution in [0.15, 0.2) is 18.2 Å². The minimum absolute atomic E-state index is 0. The van der Waals surface area contributed by atoms with Crippen LogP contribution < -0.4 is 5.32 Å². The molecule has 1 saturated heterocycles. The minimum atomic E-state index is -4.80. The summed E-state index contributed by atoms with van der Waals surface area (Å²) in [5.41, 5.74) is -2.53. The molecule has 1 fully saturated rings. The van der Waals surface area contributed by atoms with Crippen molar-refractivity contribution in [3.05, 3.63) is 34.9 Å². The van der Waals surface area contributed by atoms with Gasteiger partial charge in [0.1, 0.15) is 0 Å². The third-order valence-corrected chi connectivity index (χ3v) is 3.74.